The van der Waals surface area contributed by atoms with Crippen molar-refractivity contribution in [1.29, 1.82) is 0 Å². The van der Waals surface area contributed by atoms with Crippen molar-refractivity contribution in [3.8, 4) is 0 Å². The molecule has 5 rings (SSSR count). The van der Waals surface area contributed by atoms with Crippen molar-refractivity contribution >= 4 is 52.6 Å². The van der Waals surface area contributed by atoms with Gasteiger partial charge in [0.2, 0.25) is 0 Å². The van der Waals surface area contributed by atoms with Gasteiger partial charge in [-0.3, -0.25) is 20.5 Å². The lowest BCUT2D eigenvalue weighted by Gasteiger charge is -2.36. The van der Waals surface area contributed by atoms with Crippen LogP contribution >= 0.6 is 34.8 Å². The molecular weight excluding hydrogens is 553 g/mol. The van der Waals surface area contributed by atoms with Crippen LogP contribution in [0.1, 0.15) is 18.4 Å². The molecule has 38 heavy (non-hydrogen) atoms. The molecule has 0 unspecified atom stereocenters. The lowest BCUT2D eigenvalue weighted by Crippen LogP contribution is -2.54. The fourth-order valence-corrected chi connectivity index (χ4v) is 5.27. The first kappa shape index (κ1) is 26.8. The summed E-state index contributed by atoms with van der Waals surface area (Å²) in [6.07, 6.45) is 4.69. The van der Waals surface area contributed by atoms with Crippen LogP contribution in [-0.4, -0.2) is 71.7 Å². The molecule has 0 radical (unpaired) electrons. The second-order valence-electron chi connectivity index (χ2n) is 9.44. The molecule has 0 atom stereocenters. The highest BCUT2D eigenvalue weighted by atomic mass is 35.5. The number of carbonyl (C=O) groups excluding carboxylic acids is 2. The number of hydrogen-bond donors (Lipinski definition) is 3. The number of amides is 3. The first-order valence-electron chi connectivity index (χ1n) is 12.4. The largest absolute Gasteiger partial charge is 0.353 e. The van der Waals surface area contributed by atoms with E-state index in [4.69, 9.17) is 39.6 Å². The maximum atomic E-state index is 12.9. The van der Waals surface area contributed by atoms with Crippen LogP contribution in [0.4, 0.5) is 10.6 Å². The minimum absolute atomic E-state index is 0.162. The number of pyridine rings is 1. The Morgan fingerprint density at radius 1 is 1.00 bits per heavy atom. The van der Waals surface area contributed by atoms with E-state index < -0.39 is 5.60 Å². The second-order valence-corrected chi connectivity index (χ2v) is 10.7. The molecular formula is C25H28Cl3N7O3. The Balaban J connectivity index is 1.08. The number of hydroxylamine groups is 1. The van der Waals surface area contributed by atoms with E-state index in [9.17, 15) is 9.59 Å². The summed E-state index contributed by atoms with van der Waals surface area (Å²) in [7, 11) is 0. The van der Waals surface area contributed by atoms with E-state index in [1.165, 1.54) is 0 Å². The maximum absolute atomic E-state index is 12.9. The van der Waals surface area contributed by atoms with Crippen molar-refractivity contribution in [3.63, 3.8) is 0 Å². The summed E-state index contributed by atoms with van der Waals surface area (Å²) in [5, 5.41) is 6.33. The predicted molar refractivity (Wildman–Crippen MR) is 146 cm³/mol. The molecule has 0 bridgehead atoms. The van der Waals surface area contributed by atoms with E-state index in [1.807, 2.05) is 23.2 Å². The molecule has 2 saturated heterocycles. The molecule has 4 heterocycles. The molecule has 1 spiro atoms. The molecule has 10 nitrogen and oxygen atoms in total. The van der Waals surface area contributed by atoms with Gasteiger partial charge in [-0.25, -0.2) is 14.8 Å². The van der Waals surface area contributed by atoms with Gasteiger partial charge in [-0.05, 0) is 35.9 Å². The molecule has 13 heteroatoms. The number of anilines is 1. The number of piperazine rings is 1. The third kappa shape index (κ3) is 6.10. The molecule has 2 aromatic rings. The Kier molecular flexibility index (Phi) is 8.15. The smallest absolute Gasteiger partial charge is 0.317 e. The lowest BCUT2D eigenvalue weighted by molar-refractivity contribution is -0.124. The average molecular weight is 581 g/mol. The number of hydrogen-bond acceptors (Lipinski definition) is 7. The first-order valence-corrected chi connectivity index (χ1v) is 13.5. The molecule has 2 fully saturated rings. The number of carbonyl (C=O) groups is 2. The van der Waals surface area contributed by atoms with Gasteiger partial charge in [0.05, 0.1) is 15.1 Å². The van der Waals surface area contributed by atoms with Crippen LogP contribution in [0, 0.1) is 0 Å². The third-order valence-corrected chi connectivity index (χ3v) is 7.95. The summed E-state index contributed by atoms with van der Waals surface area (Å²) >= 11 is 18.3. The van der Waals surface area contributed by atoms with Gasteiger partial charge in [-0.2, -0.15) is 0 Å². The number of benzene rings is 1. The van der Waals surface area contributed by atoms with Crippen molar-refractivity contribution in [1.82, 2.24) is 31.1 Å². The summed E-state index contributed by atoms with van der Waals surface area (Å²) in [5.74, 6) is 0.498. The topological polar surface area (TPSA) is 102 Å². The van der Waals surface area contributed by atoms with Crippen molar-refractivity contribution in [3.05, 3.63) is 68.9 Å². The van der Waals surface area contributed by atoms with Gasteiger partial charge in [0.15, 0.2) is 0 Å². The highest BCUT2D eigenvalue weighted by molar-refractivity contribution is 6.42. The Bertz CT molecular complexity index is 1230. The van der Waals surface area contributed by atoms with E-state index in [0.717, 1.165) is 11.4 Å². The molecule has 3 aliphatic heterocycles. The third-order valence-electron chi connectivity index (χ3n) is 6.92. The molecule has 3 N–H and O–H groups in total. The van der Waals surface area contributed by atoms with Crippen molar-refractivity contribution in [2.75, 3.05) is 44.2 Å². The van der Waals surface area contributed by atoms with Crippen molar-refractivity contribution in [2.24, 2.45) is 0 Å². The van der Waals surface area contributed by atoms with Gasteiger partial charge in [0.25, 0.3) is 5.91 Å². The van der Waals surface area contributed by atoms with E-state index in [0.29, 0.717) is 79.4 Å². The number of urea groups is 1. The molecule has 3 aliphatic rings. The number of piperidine rings is 1. The van der Waals surface area contributed by atoms with E-state index in [2.05, 4.69) is 26.1 Å². The Hall–Kier alpha value is -2.76. The van der Waals surface area contributed by atoms with E-state index in [-0.39, 0.29) is 11.9 Å². The summed E-state index contributed by atoms with van der Waals surface area (Å²) in [6.45, 7) is 3.98. The van der Waals surface area contributed by atoms with Gasteiger partial charge >= 0.3 is 6.03 Å². The van der Waals surface area contributed by atoms with E-state index in [1.54, 1.807) is 29.3 Å². The molecule has 1 aromatic heterocycles. The Morgan fingerprint density at radius 3 is 2.47 bits per heavy atom. The standard InChI is InChI=1S/C25H28Cl3N7O3/c26-18-4-3-17(14-20(18)28)16-30-24(37)34-8-5-25(6-9-34)15-21(32-38-25)23(36)31-35-12-10-33(11-13-35)22-19(27)2-1-7-29-22/h1-4,7,14-15,32H,5-6,8-13,16H2,(H,30,37)(H,31,36). The van der Waals surface area contributed by atoms with Gasteiger partial charge in [-0.15, -0.1) is 0 Å². The first-order chi connectivity index (χ1) is 18.3. The highest BCUT2D eigenvalue weighted by Gasteiger charge is 2.41. The number of halogens is 3. The van der Waals surface area contributed by atoms with Crippen LogP contribution in [0.5, 0.6) is 0 Å². The summed E-state index contributed by atoms with van der Waals surface area (Å²) in [5.41, 5.74) is 6.35. The number of aromatic nitrogens is 1. The van der Waals surface area contributed by atoms with Crippen molar-refractivity contribution < 1.29 is 14.4 Å². The quantitative estimate of drug-likeness (QED) is 0.499. The van der Waals surface area contributed by atoms with Crippen LogP contribution in [0.2, 0.25) is 15.1 Å². The molecule has 0 saturated carbocycles. The maximum Gasteiger partial charge on any atom is 0.317 e. The Morgan fingerprint density at radius 2 is 1.76 bits per heavy atom. The van der Waals surface area contributed by atoms with Gasteiger partial charge in [-0.1, -0.05) is 40.9 Å². The zero-order valence-electron chi connectivity index (χ0n) is 20.6. The molecule has 0 aliphatic carbocycles. The molecule has 202 valence electrons. The summed E-state index contributed by atoms with van der Waals surface area (Å²) in [6, 6.07) is 8.73. The van der Waals surface area contributed by atoms with Gasteiger partial charge < -0.3 is 15.1 Å². The zero-order chi connectivity index (χ0) is 26.7. The zero-order valence-corrected chi connectivity index (χ0v) is 22.8. The predicted octanol–water partition coefficient (Wildman–Crippen LogP) is 3.36. The lowest BCUT2D eigenvalue weighted by atomic mass is 9.91. The summed E-state index contributed by atoms with van der Waals surface area (Å²) in [4.78, 5) is 39.6. The van der Waals surface area contributed by atoms with Gasteiger partial charge in [0, 0.05) is 64.9 Å². The molecule has 3 amide bonds. The number of likely N-dealkylation sites (tertiary alicyclic amines) is 1. The highest BCUT2D eigenvalue weighted by Crippen LogP contribution is 2.32. The molecule has 1 aromatic carbocycles. The number of hydrazine groups is 1. The van der Waals surface area contributed by atoms with Crippen LogP contribution in [0.25, 0.3) is 0 Å². The fourth-order valence-electron chi connectivity index (χ4n) is 4.71. The summed E-state index contributed by atoms with van der Waals surface area (Å²) < 4.78 is 0. The normalized spacial score (nSPS) is 19.2. The van der Waals surface area contributed by atoms with Crippen LogP contribution in [-0.2, 0) is 16.2 Å². The number of nitrogens with one attached hydrogen (secondary N) is 3. The Labute approximate surface area is 235 Å². The van der Waals surface area contributed by atoms with Crippen LogP contribution in [0.3, 0.4) is 0 Å². The monoisotopic (exact) mass is 579 g/mol. The van der Waals surface area contributed by atoms with E-state index >= 15 is 0 Å². The number of nitrogens with zero attached hydrogens (tertiary/aromatic N) is 4. The minimum atomic E-state index is -0.623. The second kappa shape index (κ2) is 11.5. The SMILES string of the molecule is O=C(NN1CCN(c2ncccc2Cl)CC1)C1=CC2(CCN(C(=O)NCc3ccc(Cl)c(Cl)c3)CC2)ON1. The average Bonchev–Trinajstić information content (AvgIpc) is 3.34. The van der Waals surface area contributed by atoms with Gasteiger partial charge in [0.1, 0.15) is 17.1 Å². The fraction of sp³-hybridized carbons (Fsp3) is 0.400. The van der Waals surface area contributed by atoms with Crippen LogP contribution in [0.15, 0.2) is 48.3 Å². The van der Waals surface area contributed by atoms with Crippen LogP contribution < -0.4 is 21.1 Å². The number of rotatable bonds is 5. The minimum Gasteiger partial charge on any atom is -0.353 e. The van der Waals surface area contributed by atoms with Crippen molar-refractivity contribution in [2.45, 2.75) is 25.0 Å².